The third-order valence-corrected chi connectivity index (χ3v) is 5.33. The fourth-order valence-electron chi connectivity index (χ4n) is 3.77. The molecule has 6 heteroatoms. The standard InChI is InChI=1S/C24H24N4O2/c1-16-9-7-8-10-19(16)14-25-21(29)15-27-22(30)13-17(2)23-18(3)26-28(24(23)27)20-11-5-4-6-12-20/h4-13H,14-15H2,1-3H3,(H,25,29). The van der Waals surface area contributed by atoms with Crippen LogP contribution in [0.2, 0.25) is 0 Å². The quantitative estimate of drug-likeness (QED) is 0.558. The van der Waals surface area contributed by atoms with Gasteiger partial charge in [-0.05, 0) is 49.6 Å². The minimum Gasteiger partial charge on any atom is -0.350 e. The molecule has 2 aromatic carbocycles. The second-order valence-corrected chi connectivity index (χ2v) is 7.49. The van der Waals surface area contributed by atoms with Gasteiger partial charge >= 0.3 is 0 Å². The van der Waals surface area contributed by atoms with Crippen molar-refractivity contribution < 1.29 is 4.79 Å². The van der Waals surface area contributed by atoms with Crippen molar-refractivity contribution in [3.63, 3.8) is 0 Å². The van der Waals surface area contributed by atoms with Crippen LogP contribution in [0.1, 0.15) is 22.4 Å². The average molecular weight is 400 g/mol. The van der Waals surface area contributed by atoms with Gasteiger partial charge in [0.25, 0.3) is 5.56 Å². The summed E-state index contributed by atoms with van der Waals surface area (Å²) in [4.78, 5) is 25.6. The zero-order valence-electron chi connectivity index (χ0n) is 17.3. The number of para-hydroxylation sites is 1. The molecule has 0 fully saturated rings. The summed E-state index contributed by atoms with van der Waals surface area (Å²) in [5, 5.41) is 8.49. The van der Waals surface area contributed by atoms with Gasteiger partial charge in [0.2, 0.25) is 5.91 Å². The Morgan fingerprint density at radius 2 is 1.67 bits per heavy atom. The molecule has 0 aliphatic carbocycles. The molecule has 4 aromatic rings. The molecule has 0 atom stereocenters. The molecule has 0 saturated heterocycles. The number of hydrogen-bond donors (Lipinski definition) is 1. The lowest BCUT2D eigenvalue weighted by atomic mass is 10.1. The van der Waals surface area contributed by atoms with Crippen LogP contribution in [0.5, 0.6) is 0 Å². The van der Waals surface area contributed by atoms with Crippen LogP contribution in [-0.2, 0) is 17.9 Å². The smallest absolute Gasteiger partial charge is 0.252 e. The number of fused-ring (bicyclic) bond motifs is 1. The second-order valence-electron chi connectivity index (χ2n) is 7.49. The van der Waals surface area contributed by atoms with E-state index in [9.17, 15) is 9.59 Å². The highest BCUT2D eigenvalue weighted by Crippen LogP contribution is 2.23. The summed E-state index contributed by atoms with van der Waals surface area (Å²) in [6.45, 7) is 6.18. The van der Waals surface area contributed by atoms with E-state index >= 15 is 0 Å². The van der Waals surface area contributed by atoms with Crippen LogP contribution in [0.25, 0.3) is 16.7 Å². The van der Waals surface area contributed by atoms with Gasteiger partial charge in [0, 0.05) is 18.0 Å². The topological polar surface area (TPSA) is 68.9 Å². The van der Waals surface area contributed by atoms with Gasteiger partial charge in [-0.25, -0.2) is 4.68 Å². The van der Waals surface area contributed by atoms with E-state index in [0.29, 0.717) is 12.2 Å². The summed E-state index contributed by atoms with van der Waals surface area (Å²) in [6, 6.07) is 19.1. The maximum Gasteiger partial charge on any atom is 0.252 e. The lowest BCUT2D eigenvalue weighted by molar-refractivity contribution is -0.121. The molecule has 2 aromatic heterocycles. The zero-order valence-corrected chi connectivity index (χ0v) is 17.3. The number of carbonyl (C=O) groups excluding carboxylic acids is 1. The molecule has 0 radical (unpaired) electrons. The number of amides is 1. The highest BCUT2D eigenvalue weighted by atomic mass is 16.2. The van der Waals surface area contributed by atoms with Crippen molar-refractivity contribution >= 4 is 16.9 Å². The molecule has 0 aliphatic rings. The lowest BCUT2D eigenvalue weighted by Crippen LogP contribution is -2.33. The monoisotopic (exact) mass is 400 g/mol. The van der Waals surface area contributed by atoms with Crippen molar-refractivity contribution in [2.75, 3.05) is 0 Å². The van der Waals surface area contributed by atoms with Crippen LogP contribution in [-0.4, -0.2) is 20.3 Å². The number of nitrogens with zero attached hydrogens (tertiary/aromatic N) is 3. The Kier molecular flexibility index (Phi) is 5.23. The molecule has 30 heavy (non-hydrogen) atoms. The van der Waals surface area contributed by atoms with Gasteiger partial charge in [-0.1, -0.05) is 42.5 Å². The predicted octanol–water partition coefficient (Wildman–Crippen LogP) is 3.43. The van der Waals surface area contributed by atoms with E-state index in [4.69, 9.17) is 0 Å². The molecule has 0 aliphatic heterocycles. The molecule has 0 unspecified atom stereocenters. The number of aromatic nitrogens is 3. The Labute approximate surface area is 174 Å². The molecule has 1 N–H and O–H groups in total. The largest absolute Gasteiger partial charge is 0.350 e. The molecular weight excluding hydrogens is 376 g/mol. The van der Waals surface area contributed by atoms with Crippen LogP contribution in [0, 0.1) is 20.8 Å². The number of nitrogens with one attached hydrogen (secondary N) is 1. The summed E-state index contributed by atoms with van der Waals surface area (Å²) in [5.74, 6) is -0.219. The lowest BCUT2D eigenvalue weighted by Gasteiger charge is -2.13. The number of hydrogen-bond acceptors (Lipinski definition) is 3. The first kappa shape index (κ1) is 19.6. The Hall–Kier alpha value is -3.67. The van der Waals surface area contributed by atoms with Gasteiger partial charge in [0.15, 0.2) is 0 Å². The van der Waals surface area contributed by atoms with Crippen LogP contribution in [0.15, 0.2) is 65.5 Å². The third kappa shape index (κ3) is 3.64. The van der Waals surface area contributed by atoms with E-state index in [1.807, 2.05) is 75.4 Å². The van der Waals surface area contributed by atoms with E-state index in [2.05, 4.69) is 10.4 Å². The number of rotatable bonds is 5. The third-order valence-electron chi connectivity index (χ3n) is 5.33. The molecular formula is C24H24N4O2. The fourth-order valence-corrected chi connectivity index (χ4v) is 3.77. The SMILES string of the molecule is Cc1ccccc1CNC(=O)Cn1c(=O)cc(C)c2c(C)nn(-c3ccccc3)c21. The van der Waals surface area contributed by atoms with Gasteiger partial charge in [0.1, 0.15) is 12.2 Å². The van der Waals surface area contributed by atoms with Crippen LogP contribution in [0.4, 0.5) is 0 Å². The molecule has 0 saturated carbocycles. The molecule has 2 heterocycles. The van der Waals surface area contributed by atoms with Gasteiger partial charge < -0.3 is 5.32 Å². The Bertz CT molecular complexity index is 1290. The first-order chi connectivity index (χ1) is 14.5. The van der Waals surface area contributed by atoms with Gasteiger partial charge in [-0.15, -0.1) is 0 Å². The van der Waals surface area contributed by atoms with E-state index in [1.54, 1.807) is 10.7 Å². The number of benzene rings is 2. The summed E-state index contributed by atoms with van der Waals surface area (Å²) in [7, 11) is 0. The van der Waals surface area contributed by atoms with Crippen molar-refractivity contribution in [2.24, 2.45) is 0 Å². The summed E-state index contributed by atoms with van der Waals surface area (Å²) >= 11 is 0. The van der Waals surface area contributed by atoms with Crippen LogP contribution >= 0.6 is 0 Å². The van der Waals surface area contributed by atoms with Gasteiger partial charge in [0.05, 0.1) is 11.4 Å². The van der Waals surface area contributed by atoms with Crippen molar-refractivity contribution in [1.29, 1.82) is 0 Å². The Balaban J connectivity index is 1.72. The number of aryl methyl sites for hydroxylation is 3. The minimum absolute atomic E-state index is 0.0700. The van der Waals surface area contributed by atoms with Crippen molar-refractivity contribution in [3.05, 3.63) is 93.4 Å². The normalized spacial score (nSPS) is 11.0. The zero-order chi connectivity index (χ0) is 21.3. The highest BCUT2D eigenvalue weighted by Gasteiger charge is 2.18. The molecule has 6 nitrogen and oxygen atoms in total. The van der Waals surface area contributed by atoms with Crippen molar-refractivity contribution in [2.45, 2.75) is 33.9 Å². The number of pyridine rings is 1. The molecule has 1 amide bonds. The van der Waals surface area contributed by atoms with Gasteiger partial charge in [-0.3, -0.25) is 14.2 Å². The first-order valence-corrected chi connectivity index (χ1v) is 9.92. The maximum absolute atomic E-state index is 12.9. The predicted molar refractivity (Wildman–Crippen MR) is 118 cm³/mol. The van der Waals surface area contributed by atoms with Gasteiger partial charge in [-0.2, -0.15) is 5.10 Å². The summed E-state index contributed by atoms with van der Waals surface area (Å²) < 4.78 is 3.25. The summed E-state index contributed by atoms with van der Waals surface area (Å²) in [6.07, 6.45) is 0. The Morgan fingerprint density at radius 3 is 2.40 bits per heavy atom. The fraction of sp³-hybridized carbons (Fsp3) is 0.208. The van der Waals surface area contributed by atoms with E-state index in [1.165, 1.54) is 4.57 Å². The molecule has 152 valence electrons. The maximum atomic E-state index is 12.9. The van der Waals surface area contributed by atoms with Crippen molar-refractivity contribution in [1.82, 2.24) is 19.7 Å². The molecule has 0 bridgehead atoms. The second kappa shape index (κ2) is 7.99. The molecule has 0 spiro atoms. The summed E-state index contributed by atoms with van der Waals surface area (Å²) in [5.41, 5.74) is 5.10. The number of carbonyl (C=O) groups is 1. The van der Waals surface area contributed by atoms with E-state index < -0.39 is 0 Å². The highest BCUT2D eigenvalue weighted by molar-refractivity contribution is 5.85. The van der Waals surface area contributed by atoms with Crippen LogP contribution in [0.3, 0.4) is 0 Å². The first-order valence-electron chi connectivity index (χ1n) is 9.92. The van der Waals surface area contributed by atoms with Crippen LogP contribution < -0.4 is 10.9 Å². The minimum atomic E-state index is -0.219. The average Bonchev–Trinajstić information content (AvgIpc) is 3.09. The Morgan fingerprint density at radius 1 is 0.967 bits per heavy atom. The molecule has 4 rings (SSSR count). The van der Waals surface area contributed by atoms with Crippen molar-refractivity contribution in [3.8, 4) is 5.69 Å². The van der Waals surface area contributed by atoms with E-state index in [0.717, 1.165) is 33.5 Å². The van der Waals surface area contributed by atoms with E-state index in [-0.39, 0.29) is 18.0 Å².